The Morgan fingerprint density at radius 3 is 3.00 bits per heavy atom. The monoisotopic (exact) mass is 164 g/mol. The predicted molar refractivity (Wildman–Crippen MR) is 39.3 cm³/mol. The van der Waals surface area contributed by atoms with Crippen LogP contribution in [0.15, 0.2) is 0 Å². The van der Waals surface area contributed by atoms with Crippen LogP contribution in [-0.4, -0.2) is 23.2 Å². The molecule has 2 unspecified atom stereocenters. The molecular weight excluding hydrogens is 152 g/mol. The second kappa shape index (κ2) is 4.02. The summed E-state index contributed by atoms with van der Waals surface area (Å²) in [7, 11) is 0. The van der Waals surface area contributed by atoms with Crippen LogP contribution >= 0.6 is 0 Å². The van der Waals surface area contributed by atoms with Gasteiger partial charge in [0.1, 0.15) is 6.23 Å². The molecule has 0 aliphatic carbocycles. The molecule has 60 valence electrons. The fourth-order valence-corrected chi connectivity index (χ4v) is 1.34. The molecule has 1 aliphatic heterocycles. The van der Waals surface area contributed by atoms with Gasteiger partial charge in [-0.1, -0.05) is 0 Å². The minimum atomic E-state index is -1.17. The van der Waals surface area contributed by atoms with Crippen molar-refractivity contribution in [2.45, 2.75) is 19.1 Å². The van der Waals surface area contributed by atoms with Crippen LogP contribution in [0, 0.1) is 0 Å². The van der Waals surface area contributed by atoms with Crippen molar-refractivity contribution in [1.82, 2.24) is 10.9 Å². The maximum absolute atomic E-state index is 10.5. The molecule has 1 aliphatic rings. The highest BCUT2D eigenvalue weighted by molar-refractivity contribution is 7.79. The van der Waals surface area contributed by atoms with Gasteiger partial charge < -0.3 is 0 Å². The van der Waals surface area contributed by atoms with Gasteiger partial charge in [-0.3, -0.25) is 9.61 Å². The molecule has 0 saturated carbocycles. The van der Waals surface area contributed by atoms with Crippen LogP contribution in [0.25, 0.3) is 0 Å². The van der Waals surface area contributed by atoms with Gasteiger partial charge in [-0.25, -0.2) is 9.63 Å². The molecule has 4 nitrogen and oxygen atoms in total. The van der Waals surface area contributed by atoms with Gasteiger partial charge in [0.05, 0.1) is 0 Å². The average molecular weight is 164 g/mol. The number of hydrogen-bond acceptors (Lipinski definition) is 4. The lowest BCUT2D eigenvalue weighted by atomic mass is 10.2. The topological polar surface area (TPSA) is 50.4 Å². The molecule has 10 heavy (non-hydrogen) atoms. The molecule has 0 aromatic rings. The Morgan fingerprint density at radius 2 is 2.50 bits per heavy atom. The van der Waals surface area contributed by atoms with Gasteiger partial charge in [-0.2, -0.15) is 0 Å². The third-order valence-corrected chi connectivity index (χ3v) is 1.79. The van der Waals surface area contributed by atoms with E-state index in [1.54, 1.807) is 0 Å². The lowest BCUT2D eigenvalue weighted by Gasteiger charge is -2.22. The number of rotatable bonds is 2. The van der Waals surface area contributed by atoms with Crippen molar-refractivity contribution in [3.05, 3.63) is 0 Å². The second-order valence-corrected chi connectivity index (χ2v) is 3.19. The van der Waals surface area contributed by atoms with Crippen molar-refractivity contribution in [2.24, 2.45) is 0 Å². The molecule has 2 atom stereocenters. The summed E-state index contributed by atoms with van der Waals surface area (Å²) in [5.74, 6) is 0. The molecule has 1 heterocycles. The zero-order chi connectivity index (χ0) is 7.40. The fourth-order valence-electron chi connectivity index (χ4n) is 0.870. The first kappa shape index (κ1) is 8.13. The lowest BCUT2D eigenvalue weighted by Crippen LogP contribution is -2.47. The summed E-state index contributed by atoms with van der Waals surface area (Å²) in [6, 6.07) is 0. The molecule has 2 N–H and O–H groups in total. The van der Waals surface area contributed by atoms with Gasteiger partial charge in [0.2, 0.25) is 0 Å². The van der Waals surface area contributed by atoms with Crippen LogP contribution in [0.5, 0.6) is 0 Å². The van der Waals surface area contributed by atoms with Gasteiger partial charge in [-0.15, -0.1) is 0 Å². The van der Waals surface area contributed by atoms with E-state index in [1.807, 2.05) is 0 Å². The molecule has 5 heteroatoms. The number of nitrogens with one attached hydrogen (secondary N) is 2. The van der Waals surface area contributed by atoms with Crippen LogP contribution in [0.1, 0.15) is 12.8 Å². The number of hydrazine groups is 1. The van der Waals surface area contributed by atoms with Crippen molar-refractivity contribution in [2.75, 3.05) is 12.8 Å². The molecule has 0 aromatic carbocycles. The van der Waals surface area contributed by atoms with E-state index in [1.165, 1.54) is 6.26 Å². The largest absolute Gasteiger partial charge is 0.270 e. The van der Waals surface area contributed by atoms with Crippen molar-refractivity contribution in [3.8, 4) is 0 Å². The predicted octanol–water partition coefficient (Wildman–Crippen LogP) is -0.489. The molecule has 0 spiro atoms. The fraction of sp³-hybridized carbons (Fsp3) is 1.00. The van der Waals surface area contributed by atoms with E-state index >= 15 is 0 Å². The first-order valence-electron chi connectivity index (χ1n) is 3.28. The standard InChI is InChI=1S/C5H12N2O2S/c1-10(8)9-5-3-2-4-6-7-5/h5-7H,2-4H2,1H3. The van der Waals surface area contributed by atoms with E-state index in [9.17, 15) is 4.21 Å². The molecule has 1 rings (SSSR count). The van der Waals surface area contributed by atoms with E-state index in [4.69, 9.17) is 4.18 Å². The Balaban J connectivity index is 2.19. The maximum atomic E-state index is 10.5. The van der Waals surface area contributed by atoms with Crippen molar-refractivity contribution in [1.29, 1.82) is 0 Å². The Hall–Kier alpha value is 0.0300. The van der Waals surface area contributed by atoms with E-state index < -0.39 is 11.1 Å². The third-order valence-electron chi connectivity index (χ3n) is 1.28. The normalized spacial score (nSPS) is 29.9. The smallest absolute Gasteiger partial charge is 0.153 e. The highest BCUT2D eigenvalue weighted by Gasteiger charge is 2.13. The Labute approximate surface area is 63.0 Å². The van der Waals surface area contributed by atoms with Gasteiger partial charge in [-0.05, 0) is 12.8 Å². The summed E-state index contributed by atoms with van der Waals surface area (Å²) in [5, 5.41) is 0. The first-order chi connectivity index (χ1) is 4.79. The molecule has 0 bridgehead atoms. The second-order valence-electron chi connectivity index (χ2n) is 2.20. The van der Waals surface area contributed by atoms with Gasteiger partial charge in [0, 0.05) is 12.8 Å². The number of hydrogen-bond donors (Lipinski definition) is 2. The van der Waals surface area contributed by atoms with Crippen LogP contribution in [0.3, 0.4) is 0 Å². The van der Waals surface area contributed by atoms with E-state index in [0.717, 1.165) is 19.4 Å². The van der Waals surface area contributed by atoms with Crippen LogP contribution in [0.4, 0.5) is 0 Å². The van der Waals surface area contributed by atoms with Crippen molar-refractivity contribution >= 4 is 11.1 Å². The highest BCUT2D eigenvalue weighted by Crippen LogP contribution is 2.02. The summed E-state index contributed by atoms with van der Waals surface area (Å²) in [6.45, 7) is 0.955. The molecule has 0 radical (unpaired) electrons. The maximum Gasteiger partial charge on any atom is 0.153 e. The molecular formula is C5H12N2O2S. The van der Waals surface area contributed by atoms with E-state index in [0.29, 0.717) is 0 Å². The highest BCUT2D eigenvalue weighted by atomic mass is 32.2. The Kier molecular flexibility index (Phi) is 3.27. The zero-order valence-electron chi connectivity index (χ0n) is 5.92. The summed E-state index contributed by atoms with van der Waals surface area (Å²) in [5.41, 5.74) is 5.82. The molecule has 0 amide bonds. The summed E-state index contributed by atoms with van der Waals surface area (Å²) < 4.78 is 15.5. The van der Waals surface area contributed by atoms with E-state index in [-0.39, 0.29) is 6.23 Å². The first-order valence-corrected chi connectivity index (χ1v) is 4.76. The average Bonchev–Trinajstić information content (AvgIpc) is 1.88. The van der Waals surface area contributed by atoms with Gasteiger partial charge in [0.25, 0.3) is 0 Å². The molecule has 1 fully saturated rings. The third kappa shape index (κ3) is 2.74. The quantitative estimate of drug-likeness (QED) is 0.578. The van der Waals surface area contributed by atoms with Gasteiger partial charge >= 0.3 is 0 Å². The minimum Gasteiger partial charge on any atom is -0.270 e. The van der Waals surface area contributed by atoms with E-state index in [2.05, 4.69) is 10.9 Å². The SMILES string of the molecule is CS(=O)OC1CCCNN1. The minimum absolute atomic E-state index is 0.0837. The Bertz CT molecular complexity index is 125. The van der Waals surface area contributed by atoms with Crippen LogP contribution in [0.2, 0.25) is 0 Å². The van der Waals surface area contributed by atoms with Crippen LogP contribution in [-0.2, 0) is 15.3 Å². The summed E-state index contributed by atoms with van der Waals surface area (Å²) in [6.07, 6.45) is 3.43. The lowest BCUT2D eigenvalue weighted by molar-refractivity contribution is 0.128. The van der Waals surface area contributed by atoms with Crippen molar-refractivity contribution in [3.63, 3.8) is 0 Å². The molecule has 1 saturated heterocycles. The molecule has 0 aromatic heterocycles. The Morgan fingerprint density at radius 1 is 1.70 bits per heavy atom. The van der Waals surface area contributed by atoms with Gasteiger partial charge in [0.15, 0.2) is 11.1 Å². The van der Waals surface area contributed by atoms with Crippen LogP contribution < -0.4 is 10.9 Å². The van der Waals surface area contributed by atoms with Crippen molar-refractivity contribution < 1.29 is 8.39 Å². The summed E-state index contributed by atoms with van der Waals surface area (Å²) in [4.78, 5) is 0. The summed E-state index contributed by atoms with van der Waals surface area (Å²) >= 11 is -1.17. The zero-order valence-corrected chi connectivity index (χ0v) is 6.74.